The van der Waals surface area contributed by atoms with Crippen LogP contribution in [-0.4, -0.2) is 77.5 Å². The van der Waals surface area contributed by atoms with Gasteiger partial charge >= 0.3 is 6.09 Å². The zero-order valence-corrected chi connectivity index (χ0v) is 35.9. The summed E-state index contributed by atoms with van der Waals surface area (Å²) < 4.78 is 39.4. The number of hydrogen-bond acceptors (Lipinski definition) is 17. The lowest BCUT2D eigenvalue weighted by Gasteiger charge is -2.29. The van der Waals surface area contributed by atoms with E-state index in [1.54, 1.807) is 6.92 Å². The van der Waals surface area contributed by atoms with Crippen molar-refractivity contribution in [3.8, 4) is 5.75 Å². The smallest absolute Gasteiger partial charge is 0.413 e. The maximum absolute atomic E-state index is 12.5. The summed E-state index contributed by atoms with van der Waals surface area (Å²) in [5.41, 5.74) is 4.56. The maximum atomic E-state index is 12.5. The van der Waals surface area contributed by atoms with Crippen molar-refractivity contribution in [3.05, 3.63) is 68.1 Å². The van der Waals surface area contributed by atoms with Gasteiger partial charge in [0.2, 0.25) is 30.1 Å². The molecule has 1 aromatic carbocycles. The number of nitrogens with one attached hydrogen (secondary N) is 1. The van der Waals surface area contributed by atoms with Crippen LogP contribution in [0.3, 0.4) is 0 Å². The van der Waals surface area contributed by atoms with Gasteiger partial charge in [-0.25, -0.2) is 4.79 Å². The van der Waals surface area contributed by atoms with E-state index in [9.17, 15) is 25.0 Å². The van der Waals surface area contributed by atoms with E-state index in [2.05, 4.69) is 25.7 Å². The minimum atomic E-state index is -0.810. The molecule has 2 unspecified atom stereocenters. The van der Waals surface area contributed by atoms with Crippen LogP contribution in [0.25, 0.3) is 0 Å². The molecule has 3 rings (SSSR count). The summed E-state index contributed by atoms with van der Waals surface area (Å²) in [6.45, 7) is 28.8. The molecule has 0 fully saturated rings. The number of carbonyl (C=O) groups is 1. The van der Waals surface area contributed by atoms with Gasteiger partial charge in [0.15, 0.2) is 0 Å². The number of nitrogens with zero attached hydrogens (tertiary/aromatic N) is 6. The second-order valence-electron chi connectivity index (χ2n) is 16.7. The fourth-order valence-electron chi connectivity index (χ4n) is 4.20. The molecule has 58 heavy (non-hydrogen) atoms. The standard InChI is InChI=1S/C21H30N4O7.C14H27N3O3.C2H5NO2.CH4/c1-13(32-21(5,6)7)17(18-24-23-16(31-18)12-29-20(2,3)4)22-19(26)30-15-10-8-14(9-11-15)25(27)28;1-9(20-14(5,6)7)11(15)12-17-16-10(19-12)8-18-13(2,3)4;1-2-3(4)5;/h8-11,13,17H,12H2,1-7H3,(H,22,26);9,11H,8,15H2,1-7H3;2H2,1H3;1H4/t13?,17-;9?,11-;;/m00../s1. The van der Waals surface area contributed by atoms with E-state index < -0.39 is 34.8 Å². The molecule has 20 heteroatoms. The van der Waals surface area contributed by atoms with E-state index in [1.807, 2.05) is 90.0 Å². The molecule has 330 valence electrons. The van der Waals surface area contributed by atoms with E-state index in [0.29, 0.717) is 11.8 Å². The highest BCUT2D eigenvalue weighted by Crippen LogP contribution is 2.25. The highest BCUT2D eigenvalue weighted by Gasteiger charge is 2.32. The Labute approximate surface area is 341 Å². The molecule has 3 N–H and O–H groups in total. The van der Waals surface area contributed by atoms with E-state index in [-0.39, 0.29) is 78.2 Å². The van der Waals surface area contributed by atoms with Crippen molar-refractivity contribution in [1.82, 2.24) is 25.7 Å². The Morgan fingerprint density at radius 3 is 1.55 bits per heavy atom. The van der Waals surface area contributed by atoms with Gasteiger partial charge in [-0.1, -0.05) is 7.43 Å². The highest BCUT2D eigenvalue weighted by molar-refractivity contribution is 5.71. The van der Waals surface area contributed by atoms with Gasteiger partial charge in [-0.3, -0.25) is 20.2 Å². The van der Waals surface area contributed by atoms with E-state index in [4.69, 9.17) is 38.3 Å². The van der Waals surface area contributed by atoms with Crippen molar-refractivity contribution in [3.63, 3.8) is 0 Å². The van der Waals surface area contributed by atoms with Gasteiger partial charge in [0.25, 0.3) is 5.69 Å². The lowest BCUT2D eigenvalue weighted by molar-refractivity contribution is -0.475. The van der Waals surface area contributed by atoms with Crippen molar-refractivity contribution in [2.24, 2.45) is 5.73 Å². The SMILES string of the molecule is C.CC(OC(C)(C)C)[C@H](N)c1nnc(COC(C)(C)C)o1.CC(OC(C)(C)C)[C@H](NC(=O)Oc1ccc([N+](=O)[O-])cc1)c1nnc(COC(C)(C)C)o1.CC[N+](=O)[O-]. The second-order valence-corrected chi connectivity index (χ2v) is 16.7. The fourth-order valence-corrected chi connectivity index (χ4v) is 4.20. The number of non-ortho nitro benzene ring substituents is 1. The van der Waals surface area contributed by atoms with Gasteiger partial charge in [-0.05, 0) is 109 Å². The van der Waals surface area contributed by atoms with Crippen molar-refractivity contribution < 1.29 is 47.2 Å². The first-order chi connectivity index (χ1) is 26.0. The molecule has 0 saturated carbocycles. The summed E-state index contributed by atoms with van der Waals surface area (Å²) in [6.07, 6.45) is -1.57. The molecule has 0 radical (unpaired) electrons. The quantitative estimate of drug-likeness (QED) is 0.116. The van der Waals surface area contributed by atoms with Gasteiger partial charge in [-0.2, -0.15) is 0 Å². The number of rotatable bonds is 14. The zero-order valence-electron chi connectivity index (χ0n) is 35.9. The Morgan fingerprint density at radius 1 is 0.741 bits per heavy atom. The van der Waals surface area contributed by atoms with E-state index >= 15 is 0 Å². The number of benzene rings is 1. The van der Waals surface area contributed by atoms with Gasteiger partial charge in [0.1, 0.15) is 31.0 Å². The Bertz CT molecular complexity index is 1670. The van der Waals surface area contributed by atoms with Crippen LogP contribution in [0.5, 0.6) is 5.75 Å². The van der Waals surface area contributed by atoms with Crippen molar-refractivity contribution >= 4 is 11.8 Å². The average molecular weight is 827 g/mol. The Kier molecular flexibility index (Phi) is 21.2. The molecular weight excluding hydrogens is 760 g/mol. The molecule has 0 saturated heterocycles. The van der Waals surface area contributed by atoms with Gasteiger partial charge in [0, 0.05) is 24.0 Å². The average Bonchev–Trinajstić information content (AvgIpc) is 3.74. The topological polar surface area (TPSA) is 265 Å². The van der Waals surface area contributed by atoms with E-state index in [1.165, 1.54) is 31.2 Å². The number of carbonyl (C=O) groups excluding carboxylic acids is 1. The molecule has 3 aromatic rings. The number of hydrogen-bond donors (Lipinski definition) is 2. The summed E-state index contributed by atoms with van der Waals surface area (Å²) in [7, 11) is 0. The molecule has 0 spiro atoms. The molecular formula is C38H66N8O12. The fraction of sp³-hybridized carbons (Fsp3) is 0.711. The van der Waals surface area contributed by atoms with Crippen LogP contribution in [0, 0.1) is 20.2 Å². The van der Waals surface area contributed by atoms with Crippen LogP contribution in [0.2, 0.25) is 0 Å². The van der Waals surface area contributed by atoms with Gasteiger partial charge < -0.3 is 43.6 Å². The summed E-state index contributed by atoms with van der Waals surface area (Å²) in [5, 5.41) is 38.5. The number of amides is 1. The van der Waals surface area contributed by atoms with Crippen LogP contribution >= 0.6 is 0 Å². The van der Waals surface area contributed by atoms with Crippen LogP contribution in [0.15, 0.2) is 33.1 Å². The molecule has 2 aromatic heterocycles. The third-order valence-corrected chi connectivity index (χ3v) is 6.62. The molecule has 20 nitrogen and oxygen atoms in total. The van der Waals surface area contributed by atoms with Gasteiger partial charge in [-0.15, -0.1) is 20.4 Å². The zero-order chi connectivity index (χ0) is 43.9. The van der Waals surface area contributed by atoms with Crippen molar-refractivity contribution in [2.75, 3.05) is 6.54 Å². The number of nitro groups is 2. The van der Waals surface area contributed by atoms with Crippen LogP contribution in [0.4, 0.5) is 10.5 Å². The number of nitrogens with two attached hydrogens (primary N) is 1. The monoisotopic (exact) mass is 826 g/mol. The summed E-state index contributed by atoms with van der Waals surface area (Å²) in [5.74, 6) is 1.33. The Morgan fingerprint density at radius 2 is 1.16 bits per heavy atom. The number of nitro benzene ring substituents is 1. The lowest BCUT2D eigenvalue weighted by Crippen LogP contribution is -2.41. The van der Waals surface area contributed by atoms with Crippen molar-refractivity contribution in [1.29, 1.82) is 0 Å². The van der Waals surface area contributed by atoms with Crippen LogP contribution in [-0.2, 0) is 32.2 Å². The first-order valence-corrected chi connectivity index (χ1v) is 18.4. The number of ether oxygens (including phenoxy) is 5. The maximum Gasteiger partial charge on any atom is 0.413 e. The first kappa shape index (κ1) is 53.4. The Balaban J connectivity index is 0.00000107. The first-order valence-electron chi connectivity index (χ1n) is 18.4. The molecule has 1 amide bonds. The molecule has 0 aliphatic rings. The van der Waals surface area contributed by atoms with E-state index in [0.717, 1.165) is 0 Å². The Hall–Kier alpha value is -4.63. The molecule has 0 aliphatic carbocycles. The minimum Gasteiger partial charge on any atom is -0.421 e. The molecule has 0 bridgehead atoms. The predicted octanol–water partition coefficient (Wildman–Crippen LogP) is 7.83. The lowest BCUT2D eigenvalue weighted by atomic mass is 10.1. The third-order valence-electron chi connectivity index (χ3n) is 6.62. The van der Waals surface area contributed by atoms with Gasteiger partial charge in [0.05, 0.1) is 39.5 Å². The van der Waals surface area contributed by atoms with Crippen molar-refractivity contribution in [2.45, 2.75) is 171 Å². The normalized spacial score (nSPS) is 13.9. The summed E-state index contributed by atoms with van der Waals surface area (Å²) >= 11 is 0. The summed E-state index contributed by atoms with van der Waals surface area (Å²) in [4.78, 5) is 31.5. The minimum absolute atomic E-state index is 0. The predicted molar refractivity (Wildman–Crippen MR) is 214 cm³/mol. The highest BCUT2D eigenvalue weighted by atomic mass is 16.6. The second kappa shape index (κ2) is 23.1. The largest absolute Gasteiger partial charge is 0.421 e. The number of aromatic nitrogens is 4. The summed E-state index contributed by atoms with van der Waals surface area (Å²) in [6, 6.07) is 3.88. The molecule has 0 aliphatic heterocycles. The third kappa shape index (κ3) is 22.9. The molecule has 4 atom stereocenters. The van der Waals surface area contributed by atoms with Crippen LogP contribution in [0.1, 0.15) is 147 Å². The van der Waals surface area contributed by atoms with Crippen LogP contribution < -0.4 is 15.8 Å². The molecule has 2 heterocycles.